The maximum Gasteiger partial charge on any atom is 0.243 e. The summed E-state index contributed by atoms with van der Waals surface area (Å²) in [7, 11) is 0. The van der Waals surface area contributed by atoms with Crippen molar-refractivity contribution in [2.75, 3.05) is 39.5 Å². The first-order chi connectivity index (χ1) is 25.2. The van der Waals surface area contributed by atoms with E-state index in [1.807, 2.05) is 81.1 Å². The summed E-state index contributed by atoms with van der Waals surface area (Å²) in [5.74, 6) is -2.89. The molecule has 53 heavy (non-hydrogen) atoms. The molecule has 2 aromatic rings. The third kappa shape index (κ3) is 15.0. The highest BCUT2D eigenvalue weighted by Gasteiger charge is 2.38. The monoisotopic (exact) mass is 737 g/mol. The summed E-state index contributed by atoms with van der Waals surface area (Å²) < 4.78 is 5.39. The minimum absolute atomic E-state index is 0.0279. The lowest BCUT2D eigenvalue weighted by Gasteiger charge is -2.30. The predicted molar refractivity (Wildman–Crippen MR) is 202 cm³/mol. The number of amides is 4. The largest absolute Gasteiger partial charge is 0.393 e. The number of ether oxygens (including phenoxy) is 1. The van der Waals surface area contributed by atoms with Gasteiger partial charge in [0, 0.05) is 19.5 Å². The maximum absolute atomic E-state index is 14.1. The Morgan fingerprint density at radius 2 is 1.21 bits per heavy atom. The highest BCUT2D eigenvalue weighted by Crippen LogP contribution is 2.16. The molecule has 292 valence electrons. The standard InChI is InChI=1S/C40H59N5O8/c1-27(2)22-32(36(48)40(5,52)26-46)42-39(51)34(24-30-14-10-7-11-15-30)44-38(50)33(23-28(3)4)43-37(49)31(17-16-29-12-8-6-9-13-29)41-35(47)25-45-18-20-53-21-19-45/h6-15,27-28,31-34,46,52H,16-26H2,1-5H3,(H,41,47)(H,42,51)(H,43,49)(H,44,50)/t31-,32+,33+,34-,40+/m0/s1. The summed E-state index contributed by atoms with van der Waals surface area (Å²) in [4.78, 5) is 70.2. The average Bonchev–Trinajstić information content (AvgIpc) is 3.12. The van der Waals surface area contributed by atoms with Crippen LogP contribution in [-0.4, -0.2) is 114 Å². The first-order valence-electron chi connectivity index (χ1n) is 18.6. The Bertz CT molecular complexity index is 1460. The second-order valence-corrected chi connectivity index (χ2v) is 15.0. The number of carbonyl (C=O) groups excluding carboxylic acids is 5. The number of aliphatic hydroxyl groups excluding tert-OH is 1. The van der Waals surface area contributed by atoms with Crippen LogP contribution in [0.4, 0.5) is 0 Å². The normalized spacial score (nSPS) is 16.8. The van der Waals surface area contributed by atoms with Crippen molar-refractivity contribution >= 4 is 29.4 Å². The van der Waals surface area contributed by atoms with E-state index >= 15 is 0 Å². The minimum atomic E-state index is -2.08. The Morgan fingerprint density at radius 1 is 0.717 bits per heavy atom. The highest BCUT2D eigenvalue weighted by molar-refractivity contribution is 5.97. The lowest BCUT2D eigenvalue weighted by molar-refractivity contribution is -0.144. The first kappa shape index (κ1) is 43.2. The smallest absolute Gasteiger partial charge is 0.243 e. The number of rotatable bonds is 21. The van der Waals surface area contributed by atoms with Crippen LogP contribution in [0.1, 0.15) is 65.0 Å². The molecule has 1 aliphatic rings. The van der Waals surface area contributed by atoms with Gasteiger partial charge >= 0.3 is 0 Å². The summed E-state index contributed by atoms with van der Waals surface area (Å²) in [5.41, 5.74) is -0.337. The van der Waals surface area contributed by atoms with Gasteiger partial charge in [0.2, 0.25) is 23.6 Å². The van der Waals surface area contributed by atoms with Crippen LogP contribution in [0, 0.1) is 11.8 Å². The third-order valence-corrected chi connectivity index (χ3v) is 9.12. The molecule has 0 aliphatic carbocycles. The Hall–Kier alpha value is -4.17. The van der Waals surface area contributed by atoms with Gasteiger partial charge in [-0.15, -0.1) is 0 Å². The number of morpholine rings is 1. The number of ketones is 1. The van der Waals surface area contributed by atoms with Crippen LogP contribution < -0.4 is 21.3 Å². The number of Topliss-reactive ketones (excluding diaryl/α,β-unsaturated/α-hetero) is 1. The fraction of sp³-hybridized carbons (Fsp3) is 0.575. The van der Waals surface area contributed by atoms with Gasteiger partial charge in [-0.2, -0.15) is 0 Å². The zero-order chi connectivity index (χ0) is 39.0. The van der Waals surface area contributed by atoms with Crippen LogP contribution in [0.3, 0.4) is 0 Å². The molecule has 1 fully saturated rings. The van der Waals surface area contributed by atoms with Crippen molar-refractivity contribution in [3.8, 4) is 0 Å². The molecule has 1 aliphatic heterocycles. The number of aliphatic hydroxyl groups is 2. The molecule has 1 heterocycles. The Morgan fingerprint density at radius 3 is 1.77 bits per heavy atom. The van der Waals surface area contributed by atoms with Crippen molar-refractivity contribution in [3.05, 3.63) is 71.8 Å². The molecule has 13 nitrogen and oxygen atoms in total. The fourth-order valence-corrected chi connectivity index (χ4v) is 6.16. The van der Waals surface area contributed by atoms with Crippen molar-refractivity contribution in [1.29, 1.82) is 0 Å². The van der Waals surface area contributed by atoms with Crippen molar-refractivity contribution in [1.82, 2.24) is 26.2 Å². The van der Waals surface area contributed by atoms with E-state index in [4.69, 9.17) is 4.74 Å². The number of aryl methyl sites for hydroxylation is 1. The molecule has 3 rings (SSSR count). The van der Waals surface area contributed by atoms with Gasteiger partial charge in [-0.05, 0) is 55.6 Å². The SMILES string of the molecule is CC(C)C[C@@H](NC(=O)[C@H](CCc1ccccc1)NC(=O)CN1CCOCC1)C(=O)N[C@@H](Cc1ccccc1)C(=O)N[C@H](CC(C)C)C(=O)[C@](C)(O)CO. The predicted octanol–water partition coefficient (Wildman–Crippen LogP) is 1.54. The number of benzene rings is 2. The first-order valence-corrected chi connectivity index (χ1v) is 18.6. The number of nitrogens with one attached hydrogen (secondary N) is 4. The van der Waals surface area contributed by atoms with Gasteiger partial charge in [-0.1, -0.05) is 88.4 Å². The second-order valence-electron chi connectivity index (χ2n) is 15.0. The van der Waals surface area contributed by atoms with Crippen LogP contribution in [0.25, 0.3) is 0 Å². The average molecular weight is 738 g/mol. The van der Waals surface area contributed by atoms with Crippen molar-refractivity contribution in [3.63, 3.8) is 0 Å². The number of hydrogen-bond acceptors (Lipinski definition) is 9. The van der Waals surface area contributed by atoms with Crippen molar-refractivity contribution in [2.45, 2.75) is 96.5 Å². The number of carbonyl (C=O) groups is 5. The van der Waals surface area contributed by atoms with Crippen LogP contribution in [0.15, 0.2) is 60.7 Å². The van der Waals surface area contributed by atoms with E-state index in [-0.39, 0.29) is 43.6 Å². The topological polar surface area (TPSA) is 186 Å². The van der Waals surface area contributed by atoms with Gasteiger partial charge < -0.3 is 36.2 Å². The third-order valence-electron chi connectivity index (χ3n) is 9.12. The van der Waals surface area contributed by atoms with Gasteiger partial charge in [0.25, 0.3) is 0 Å². The molecular weight excluding hydrogens is 678 g/mol. The van der Waals surface area contributed by atoms with Crippen LogP contribution >= 0.6 is 0 Å². The molecule has 0 spiro atoms. The molecule has 0 unspecified atom stereocenters. The van der Waals surface area contributed by atoms with E-state index in [9.17, 15) is 34.2 Å². The fourth-order valence-electron chi connectivity index (χ4n) is 6.16. The molecule has 1 saturated heterocycles. The maximum atomic E-state index is 14.1. The summed E-state index contributed by atoms with van der Waals surface area (Å²) in [6, 6.07) is 14.4. The zero-order valence-corrected chi connectivity index (χ0v) is 31.8. The lowest BCUT2D eigenvalue weighted by Crippen LogP contribution is -2.60. The van der Waals surface area contributed by atoms with Crippen LogP contribution in [0.2, 0.25) is 0 Å². The van der Waals surface area contributed by atoms with Crippen LogP contribution in [0.5, 0.6) is 0 Å². The van der Waals surface area contributed by atoms with E-state index < -0.39 is 59.9 Å². The molecule has 5 atom stereocenters. The van der Waals surface area contributed by atoms with Gasteiger partial charge in [0.05, 0.1) is 32.4 Å². The molecule has 4 amide bonds. The summed E-state index contributed by atoms with van der Waals surface area (Å²) in [5, 5.41) is 31.5. The molecule has 13 heteroatoms. The highest BCUT2D eigenvalue weighted by atomic mass is 16.5. The molecular formula is C40H59N5O8. The van der Waals surface area contributed by atoms with Gasteiger partial charge in [-0.25, -0.2) is 0 Å². The molecule has 0 saturated carbocycles. The van der Waals surface area contributed by atoms with E-state index in [2.05, 4.69) is 21.3 Å². The Balaban J connectivity index is 1.84. The number of hydrogen-bond donors (Lipinski definition) is 6. The molecule has 0 radical (unpaired) electrons. The van der Waals surface area contributed by atoms with E-state index in [0.717, 1.165) is 11.1 Å². The summed E-state index contributed by atoms with van der Waals surface area (Å²) >= 11 is 0. The molecule has 0 bridgehead atoms. The lowest BCUT2D eigenvalue weighted by atomic mass is 9.90. The van der Waals surface area contributed by atoms with Gasteiger partial charge in [0.15, 0.2) is 5.78 Å². The molecule has 0 aromatic heterocycles. The summed E-state index contributed by atoms with van der Waals surface area (Å²) in [6.07, 6.45) is 1.33. The molecule has 6 N–H and O–H groups in total. The van der Waals surface area contributed by atoms with E-state index in [1.165, 1.54) is 6.92 Å². The zero-order valence-electron chi connectivity index (χ0n) is 31.8. The minimum Gasteiger partial charge on any atom is -0.393 e. The molecule has 2 aromatic carbocycles. The Kier molecular flexibility index (Phi) is 17.5. The van der Waals surface area contributed by atoms with Crippen molar-refractivity contribution in [2.24, 2.45) is 11.8 Å². The summed E-state index contributed by atoms with van der Waals surface area (Å²) in [6.45, 7) is 10.3. The Labute approximate surface area is 313 Å². The van der Waals surface area contributed by atoms with E-state index in [1.54, 1.807) is 12.1 Å². The second kappa shape index (κ2) is 21.5. The van der Waals surface area contributed by atoms with Crippen LogP contribution in [-0.2, 0) is 41.6 Å². The van der Waals surface area contributed by atoms with E-state index in [0.29, 0.717) is 39.1 Å². The van der Waals surface area contributed by atoms with Gasteiger partial charge in [-0.3, -0.25) is 28.9 Å². The quantitative estimate of drug-likeness (QED) is 0.111. The van der Waals surface area contributed by atoms with Gasteiger partial charge in [0.1, 0.15) is 23.7 Å². The van der Waals surface area contributed by atoms with Crippen molar-refractivity contribution < 1.29 is 38.9 Å². The number of nitrogens with zero attached hydrogens (tertiary/aromatic N) is 1.